The summed E-state index contributed by atoms with van der Waals surface area (Å²) in [5, 5.41) is 15.0. The van der Waals surface area contributed by atoms with Crippen molar-refractivity contribution in [3.8, 4) is 0 Å². The van der Waals surface area contributed by atoms with Crippen molar-refractivity contribution < 1.29 is 9.90 Å². The summed E-state index contributed by atoms with van der Waals surface area (Å²) in [5.41, 5.74) is 0.760. The van der Waals surface area contributed by atoms with Gasteiger partial charge in [-0.05, 0) is 33.5 Å². The van der Waals surface area contributed by atoms with E-state index in [4.69, 9.17) is 0 Å². The maximum Gasteiger partial charge on any atom is 0.315 e. The van der Waals surface area contributed by atoms with Gasteiger partial charge in [-0.2, -0.15) is 0 Å². The SMILES string of the molecule is CN(C)C(C)(C)CNC(=O)NC(CO)c1ccccc1. The molecule has 0 radical (unpaired) electrons. The fraction of sp³-hybridized carbons (Fsp3) is 0.533. The summed E-state index contributed by atoms with van der Waals surface area (Å²) >= 11 is 0. The molecule has 1 unspecified atom stereocenters. The number of nitrogens with zero attached hydrogens (tertiary/aromatic N) is 1. The number of aliphatic hydroxyl groups is 1. The molecule has 0 fully saturated rings. The second-order valence-electron chi connectivity index (χ2n) is 5.68. The van der Waals surface area contributed by atoms with E-state index in [1.54, 1.807) is 0 Å². The van der Waals surface area contributed by atoms with Crippen LogP contribution in [0.2, 0.25) is 0 Å². The van der Waals surface area contributed by atoms with Crippen LogP contribution in [0.25, 0.3) is 0 Å². The fourth-order valence-corrected chi connectivity index (χ4v) is 1.58. The van der Waals surface area contributed by atoms with E-state index in [2.05, 4.69) is 10.6 Å². The van der Waals surface area contributed by atoms with E-state index in [-0.39, 0.29) is 18.2 Å². The normalized spacial score (nSPS) is 13.1. The minimum Gasteiger partial charge on any atom is -0.394 e. The van der Waals surface area contributed by atoms with Crippen molar-refractivity contribution in [3.05, 3.63) is 35.9 Å². The molecule has 0 spiro atoms. The lowest BCUT2D eigenvalue weighted by atomic mass is 10.0. The summed E-state index contributed by atoms with van der Waals surface area (Å²) in [6, 6.07) is 8.76. The van der Waals surface area contributed by atoms with Crippen LogP contribution in [0.5, 0.6) is 0 Å². The maximum absolute atomic E-state index is 11.9. The van der Waals surface area contributed by atoms with Crippen LogP contribution in [-0.2, 0) is 0 Å². The standard InChI is InChI=1S/C15H25N3O2/c1-15(2,18(3)4)11-16-14(20)17-13(10-19)12-8-6-5-7-9-12/h5-9,13,19H,10-11H2,1-4H3,(H2,16,17,20). The first-order chi connectivity index (χ1) is 9.36. The smallest absolute Gasteiger partial charge is 0.315 e. The Morgan fingerprint density at radius 3 is 2.40 bits per heavy atom. The third-order valence-electron chi connectivity index (χ3n) is 3.58. The van der Waals surface area contributed by atoms with Crippen LogP contribution < -0.4 is 10.6 Å². The lowest BCUT2D eigenvalue weighted by Gasteiger charge is -2.32. The Hall–Kier alpha value is -1.59. The number of nitrogens with one attached hydrogen (secondary N) is 2. The molecule has 0 aromatic heterocycles. The van der Waals surface area contributed by atoms with Gasteiger partial charge in [0, 0.05) is 12.1 Å². The molecular formula is C15H25N3O2. The number of benzene rings is 1. The number of amides is 2. The highest BCUT2D eigenvalue weighted by atomic mass is 16.3. The fourth-order valence-electron chi connectivity index (χ4n) is 1.58. The van der Waals surface area contributed by atoms with E-state index in [0.29, 0.717) is 6.54 Å². The highest BCUT2D eigenvalue weighted by Crippen LogP contribution is 2.11. The molecule has 0 saturated heterocycles. The summed E-state index contributed by atoms with van der Waals surface area (Å²) in [5.74, 6) is 0. The summed E-state index contributed by atoms with van der Waals surface area (Å²) in [6.07, 6.45) is 0. The van der Waals surface area contributed by atoms with E-state index < -0.39 is 6.04 Å². The van der Waals surface area contributed by atoms with Gasteiger partial charge in [0.05, 0.1) is 12.6 Å². The molecule has 5 heteroatoms. The van der Waals surface area contributed by atoms with Crippen LogP contribution in [0.15, 0.2) is 30.3 Å². The minimum atomic E-state index is -0.390. The highest BCUT2D eigenvalue weighted by molar-refractivity contribution is 5.74. The predicted molar refractivity (Wildman–Crippen MR) is 80.6 cm³/mol. The van der Waals surface area contributed by atoms with Gasteiger partial charge in [0.2, 0.25) is 0 Å². The van der Waals surface area contributed by atoms with Crippen molar-refractivity contribution in [3.63, 3.8) is 0 Å². The Labute approximate surface area is 121 Å². The van der Waals surface area contributed by atoms with E-state index in [1.807, 2.05) is 63.2 Å². The van der Waals surface area contributed by atoms with Crippen molar-refractivity contribution in [1.82, 2.24) is 15.5 Å². The first-order valence-electron chi connectivity index (χ1n) is 6.74. The summed E-state index contributed by atoms with van der Waals surface area (Å²) in [7, 11) is 3.94. The van der Waals surface area contributed by atoms with Gasteiger partial charge in [-0.1, -0.05) is 30.3 Å². The van der Waals surface area contributed by atoms with Crippen molar-refractivity contribution in [1.29, 1.82) is 0 Å². The third-order valence-corrected chi connectivity index (χ3v) is 3.58. The van der Waals surface area contributed by atoms with E-state index in [0.717, 1.165) is 5.56 Å². The van der Waals surface area contributed by atoms with E-state index >= 15 is 0 Å². The molecule has 1 aromatic rings. The molecule has 0 aliphatic carbocycles. The van der Waals surface area contributed by atoms with Gasteiger partial charge >= 0.3 is 6.03 Å². The van der Waals surface area contributed by atoms with Gasteiger partial charge in [-0.3, -0.25) is 0 Å². The Morgan fingerprint density at radius 2 is 1.90 bits per heavy atom. The molecule has 20 heavy (non-hydrogen) atoms. The number of carbonyl (C=O) groups excluding carboxylic acids is 1. The monoisotopic (exact) mass is 279 g/mol. The van der Waals surface area contributed by atoms with Crippen molar-refractivity contribution in [2.45, 2.75) is 25.4 Å². The average Bonchev–Trinajstić information content (AvgIpc) is 2.43. The first-order valence-corrected chi connectivity index (χ1v) is 6.74. The number of aliphatic hydroxyl groups excluding tert-OH is 1. The van der Waals surface area contributed by atoms with Crippen LogP contribution in [0.4, 0.5) is 4.79 Å². The van der Waals surface area contributed by atoms with Crippen LogP contribution >= 0.6 is 0 Å². The van der Waals surface area contributed by atoms with Crippen LogP contribution in [-0.4, -0.2) is 48.8 Å². The Bertz CT molecular complexity index is 418. The molecule has 2 amide bonds. The van der Waals surface area contributed by atoms with Crippen LogP contribution in [0.3, 0.4) is 0 Å². The maximum atomic E-state index is 11.9. The van der Waals surface area contributed by atoms with E-state index in [1.165, 1.54) is 0 Å². The molecule has 3 N–H and O–H groups in total. The molecule has 0 aliphatic rings. The molecule has 5 nitrogen and oxygen atoms in total. The molecule has 112 valence electrons. The highest BCUT2D eigenvalue weighted by Gasteiger charge is 2.21. The van der Waals surface area contributed by atoms with Gasteiger partial charge in [0.15, 0.2) is 0 Å². The molecule has 0 aliphatic heterocycles. The van der Waals surface area contributed by atoms with Gasteiger partial charge in [0.25, 0.3) is 0 Å². The second kappa shape index (κ2) is 7.26. The number of likely N-dealkylation sites (N-methyl/N-ethyl adjacent to an activating group) is 1. The quantitative estimate of drug-likeness (QED) is 0.736. The largest absolute Gasteiger partial charge is 0.394 e. The number of hydrogen-bond donors (Lipinski definition) is 3. The third kappa shape index (κ3) is 4.83. The summed E-state index contributed by atoms with van der Waals surface area (Å²) < 4.78 is 0. The Balaban J connectivity index is 2.53. The zero-order valence-electron chi connectivity index (χ0n) is 12.7. The molecule has 1 rings (SSSR count). The Kier molecular flexibility index (Phi) is 5.98. The van der Waals surface area contributed by atoms with Crippen molar-refractivity contribution in [2.75, 3.05) is 27.2 Å². The summed E-state index contributed by atoms with van der Waals surface area (Å²) in [4.78, 5) is 14.0. The minimum absolute atomic E-state index is 0.126. The second-order valence-corrected chi connectivity index (χ2v) is 5.68. The van der Waals surface area contributed by atoms with Crippen molar-refractivity contribution in [2.24, 2.45) is 0 Å². The van der Waals surface area contributed by atoms with Gasteiger partial charge in [-0.15, -0.1) is 0 Å². The Morgan fingerprint density at radius 1 is 1.30 bits per heavy atom. The van der Waals surface area contributed by atoms with Crippen LogP contribution in [0, 0.1) is 0 Å². The number of urea groups is 1. The number of hydrogen-bond acceptors (Lipinski definition) is 3. The number of carbonyl (C=O) groups is 1. The van der Waals surface area contributed by atoms with Gasteiger partial charge < -0.3 is 20.6 Å². The first kappa shape index (κ1) is 16.5. The van der Waals surface area contributed by atoms with Crippen LogP contribution in [0.1, 0.15) is 25.5 Å². The molecule has 0 saturated carbocycles. The summed E-state index contributed by atoms with van der Waals surface area (Å²) in [6.45, 7) is 4.50. The zero-order chi connectivity index (χ0) is 15.2. The topological polar surface area (TPSA) is 64.6 Å². The molecular weight excluding hydrogens is 254 g/mol. The molecule has 1 aromatic carbocycles. The molecule has 1 atom stereocenters. The lowest BCUT2D eigenvalue weighted by molar-refractivity contribution is 0.182. The molecule has 0 heterocycles. The number of rotatable bonds is 6. The predicted octanol–water partition coefficient (Wildman–Crippen LogP) is 1.36. The van der Waals surface area contributed by atoms with Gasteiger partial charge in [0.1, 0.15) is 0 Å². The van der Waals surface area contributed by atoms with E-state index in [9.17, 15) is 9.90 Å². The zero-order valence-corrected chi connectivity index (χ0v) is 12.7. The van der Waals surface area contributed by atoms with Gasteiger partial charge in [-0.25, -0.2) is 4.79 Å². The van der Waals surface area contributed by atoms with Crippen molar-refractivity contribution >= 4 is 6.03 Å². The lowest BCUT2D eigenvalue weighted by Crippen LogP contribution is -2.50. The molecule has 0 bridgehead atoms. The average molecular weight is 279 g/mol.